The van der Waals surface area contributed by atoms with Crippen LogP contribution >= 0.6 is 0 Å². The molecular formula is C27H36N4O3S. The molecule has 4 aliphatic rings. The molecule has 8 heteroatoms. The number of carbonyl (C=O) groups excluding carboxylic acids is 1. The SMILES string of the molecule is CC1CCC(CCN2CCC(n3nc(C(=O)N4CCOCC4)c4c3-c3ccccc3S(=O)C4)C2)C1. The maximum absolute atomic E-state index is 13.5. The fraction of sp³-hybridized carbons (Fsp3) is 0.630. The van der Waals surface area contributed by atoms with Gasteiger partial charge in [0.05, 0.1) is 41.5 Å². The van der Waals surface area contributed by atoms with Crippen LogP contribution in [0.5, 0.6) is 0 Å². The van der Waals surface area contributed by atoms with Crippen LogP contribution in [0.25, 0.3) is 11.3 Å². The van der Waals surface area contributed by atoms with Gasteiger partial charge in [0.1, 0.15) is 0 Å². The van der Waals surface area contributed by atoms with Crippen LogP contribution in [0, 0.1) is 11.8 Å². The fourth-order valence-corrected chi connectivity index (χ4v) is 7.81. The molecule has 4 heterocycles. The highest BCUT2D eigenvalue weighted by atomic mass is 32.2. The van der Waals surface area contributed by atoms with Crippen molar-refractivity contribution in [2.75, 3.05) is 45.9 Å². The van der Waals surface area contributed by atoms with Crippen LogP contribution in [-0.2, 0) is 21.3 Å². The molecule has 1 aromatic heterocycles. The zero-order valence-electron chi connectivity index (χ0n) is 20.7. The second-order valence-electron chi connectivity index (χ2n) is 10.8. The van der Waals surface area contributed by atoms with Gasteiger partial charge in [-0.15, -0.1) is 0 Å². The number of fused-ring (bicyclic) bond motifs is 3. The summed E-state index contributed by atoms with van der Waals surface area (Å²) in [5.41, 5.74) is 3.33. The summed E-state index contributed by atoms with van der Waals surface area (Å²) in [6.07, 6.45) is 6.47. The number of aromatic nitrogens is 2. The van der Waals surface area contributed by atoms with E-state index in [9.17, 15) is 9.00 Å². The average Bonchev–Trinajstić information content (AvgIpc) is 3.61. The van der Waals surface area contributed by atoms with Crippen molar-refractivity contribution in [2.24, 2.45) is 11.8 Å². The molecule has 3 fully saturated rings. The zero-order chi connectivity index (χ0) is 23.9. The van der Waals surface area contributed by atoms with Gasteiger partial charge in [0.2, 0.25) is 0 Å². The van der Waals surface area contributed by atoms with E-state index in [2.05, 4.69) is 16.5 Å². The number of hydrogen-bond acceptors (Lipinski definition) is 5. The maximum Gasteiger partial charge on any atom is 0.274 e. The number of likely N-dealkylation sites (tertiary alicyclic amines) is 1. The Labute approximate surface area is 210 Å². The Morgan fingerprint density at radius 1 is 1.14 bits per heavy atom. The highest BCUT2D eigenvalue weighted by Crippen LogP contribution is 2.41. The van der Waals surface area contributed by atoms with E-state index in [-0.39, 0.29) is 11.9 Å². The number of morpholine rings is 1. The molecule has 3 aliphatic heterocycles. The summed E-state index contributed by atoms with van der Waals surface area (Å²) in [6, 6.07) is 8.18. The lowest BCUT2D eigenvalue weighted by Gasteiger charge is -2.26. The third kappa shape index (κ3) is 4.49. The first kappa shape index (κ1) is 23.4. The minimum Gasteiger partial charge on any atom is -0.378 e. The largest absolute Gasteiger partial charge is 0.378 e. The molecular weight excluding hydrogens is 460 g/mol. The summed E-state index contributed by atoms with van der Waals surface area (Å²) in [4.78, 5) is 18.8. The molecule has 0 radical (unpaired) electrons. The molecule has 188 valence electrons. The predicted octanol–water partition coefficient (Wildman–Crippen LogP) is 3.72. The number of nitrogens with zero attached hydrogens (tertiary/aromatic N) is 4. The Bertz CT molecular complexity index is 1130. The molecule has 0 spiro atoms. The third-order valence-electron chi connectivity index (χ3n) is 8.42. The molecule has 1 amide bonds. The monoisotopic (exact) mass is 496 g/mol. The van der Waals surface area contributed by atoms with Gasteiger partial charge in [-0.1, -0.05) is 38.0 Å². The molecule has 4 atom stereocenters. The fourth-order valence-electron chi connectivity index (χ4n) is 6.48. The van der Waals surface area contributed by atoms with Crippen molar-refractivity contribution in [3.05, 3.63) is 35.5 Å². The number of benzene rings is 1. The van der Waals surface area contributed by atoms with Gasteiger partial charge < -0.3 is 14.5 Å². The van der Waals surface area contributed by atoms with Crippen molar-refractivity contribution in [1.29, 1.82) is 0 Å². The Kier molecular flexibility index (Phi) is 6.54. The minimum atomic E-state index is -1.17. The molecule has 0 N–H and O–H groups in total. The van der Waals surface area contributed by atoms with Crippen molar-refractivity contribution >= 4 is 16.7 Å². The van der Waals surface area contributed by atoms with Crippen LogP contribution in [0.15, 0.2) is 29.2 Å². The van der Waals surface area contributed by atoms with Gasteiger partial charge >= 0.3 is 0 Å². The van der Waals surface area contributed by atoms with Crippen molar-refractivity contribution in [3.63, 3.8) is 0 Å². The number of rotatable bonds is 5. The van der Waals surface area contributed by atoms with Crippen LogP contribution in [0.4, 0.5) is 0 Å². The van der Waals surface area contributed by atoms with Crippen molar-refractivity contribution in [2.45, 2.75) is 55.7 Å². The van der Waals surface area contributed by atoms with Crippen LogP contribution < -0.4 is 0 Å². The summed E-state index contributed by atoms with van der Waals surface area (Å²) < 4.78 is 20.7. The first-order valence-electron chi connectivity index (χ1n) is 13.3. The number of hydrogen-bond donors (Lipinski definition) is 0. The Balaban J connectivity index is 1.29. The smallest absolute Gasteiger partial charge is 0.274 e. The molecule has 4 unspecified atom stereocenters. The lowest BCUT2D eigenvalue weighted by Crippen LogP contribution is -2.41. The summed E-state index contributed by atoms with van der Waals surface area (Å²) >= 11 is 0. The van der Waals surface area contributed by atoms with Crippen molar-refractivity contribution in [3.8, 4) is 11.3 Å². The second-order valence-corrected chi connectivity index (χ2v) is 12.2. The van der Waals surface area contributed by atoms with E-state index in [4.69, 9.17) is 9.84 Å². The molecule has 1 aliphatic carbocycles. The molecule has 2 saturated heterocycles. The van der Waals surface area contributed by atoms with Gasteiger partial charge in [-0.3, -0.25) is 13.7 Å². The summed E-state index contributed by atoms with van der Waals surface area (Å²) in [5.74, 6) is 2.06. The van der Waals surface area contributed by atoms with E-state index in [1.165, 1.54) is 25.7 Å². The van der Waals surface area contributed by atoms with E-state index >= 15 is 0 Å². The lowest BCUT2D eigenvalue weighted by molar-refractivity contribution is 0.0297. The average molecular weight is 497 g/mol. The third-order valence-corrected chi connectivity index (χ3v) is 9.82. The zero-order valence-corrected chi connectivity index (χ0v) is 21.5. The Morgan fingerprint density at radius 3 is 2.77 bits per heavy atom. The molecule has 1 saturated carbocycles. The van der Waals surface area contributed by atoms with E-state index in [1.807, 2.05) is 29.2 Å². The van der Waals surface area contributed by atoms with E-state index in [0.717, 1.165) is 59.6 Å². The van der Waals surface area contributed by atoms with Crippen molar-refractivity contribution in [1.82, 2.24) is 19.6 Å². The van der Waals surface area contributed by atoms with Gasteiger partial charge in [0.15, 0.2) is 5.69 Å². The highest BCUT2D eigenvalue weighted by Gasteiger charge is 2.37. The molecule has 6 rings (SSSR count). The van der Waals surface area contributed by atoms with Crippen LogP contribution in [0.3, 0.4) is 0 Å². The summed E-state index contributed by atoms with van der Waals surface area (Å²) in [5, 5.41) is 4.99. The topological polar surface area (TPSA) is 67.7 Å². The Hall–Kier alpha value is -2.03. The normalized spacial score (nSPS) is 28.8. The maximum atomic E-state index is 13.5. The van der Waals surface area contributed by atoms with Gasteiger partial charge in [-0.2, -0.15) is 5.10 Å². The van der Waals surface area contributed by atoms with Crippen LogP contribution in [0.2, 0.25) is 0 Å². The molecule has 2 aromatic rings. The van der Waals surface area contributed by atoms with Crippen LogP contribution in [-0.4, -0.2) is 75.6 Å². The number of ether oxygens (including phenoxy) is 1. The van der Waals surface area contributed by atoms with Gasteiger partial charge in [-0.25, -0.2) is 0 Å². The summed E-state index contributed by atoms with van der Waals surface area (Å²) in [7, 11) is -1.17. The Morgan fingerprint density at radius 2 is 1.97 bits per heavy atom. The van der Waals surface area contributed by atoms with Gasteiger partial charge in [-0.05, 0) is 43.7 Å². The standard InChI is InChI=1S/C27H36N4O3S/c1-19-6-7-20(16-19)8-10-29-11-9-21(17-29)31-26-22-4-2-3-5-24(22)35(33)18-23(26)25(28-31)27(32)30-12-14-34-15-13-30/h2-5,19-21H,6-18H2,1H3. The minimum absolute atomic E-state index is 0.0510. The van der Waals surface area contributed by atoms with E-state index < -0.39 is 10.8 Å². The molecule has 1 aromatic carbocycles. The summed E-state index contributed by atoms with van der Waals surface area (Å²) in [6.45, 7) is 7.84. The lowest BCUT2D eigenvalue weighted by atomic mass is 10.0. The van der Waals surface area contributed by atoms with Gasteiger partial charge in [0, 0.05) is 42.2 Å². The van der Waals surface area contributed by atoms with Gasteiger partial charge in [0.25, 0.3) is 5.91 Å². The second kappa shape index (κ2) is 9.79. The number of amides is 1. The quantitative estimate of drug-likeness (QED) is 0.631. The molecule has 0 bridgehead atoms. The predicted molar refractivity (Wildman–Crippen MR) is 136 cm³/mol. The first-order chi connectivity index (χ1) is 17.1. The molecule has 35 heavy (non-hydrogen) atoms. The number of carbonyl (C=O) groups is 1. The molecule has 7 nitrogen and oxygen atoms in total. The highest BCUT2D eigenvalue weighted by molar-refractivity contribution is 7.84. The van der Waals surface area contributed by atoms with E-state index in [1.54, 1.807) is 0 Å². The first-order valence-corrected chi connectivity index (χ1v) is 14.6. The van der Waals surface area contributed by atoms with Crippen molar-refractivity contribution < 1.29 is 13.7 Å². The van der Waals surface area contributed by atoms with E-state index in [0.29, 0.717) is 37.8 Å². The van der Waals surface area contributed by atoms with Crippen LogP contribution in [0.1, 0.15) is 61.1 Å².